The Hall–Kier alpha value is -5.50. The summed E-state index contributed by atoms with van der Waals surface area (Å²) >= 11 is 0. The summed E-state index contributed by atoms with van der Waals surface area (Å²) in [7, 11) is -2.39. The van der Waals surface area contributed by atoms with Gasteiger partial charge in [-0.05, 0) is 132 Å². The third-order valence-corrected chi connectivity index (χ3v) is 21.6. The first-order valence-corrected chi connectivity index (χ1v) is 25.9. The zero-order valence-electron chi connectivity index (χ0n) is 38.2. The molecule has 0 saturated heterocycles. The Bertz CT molecular complexity index is 3060. The molecule has 0 saturated carbocycles. The molecule has 0 bridgehead atoms. The van der Waals surface area contributed by atoms with Crippen LogP contribution in [0.1, 0.15) is 119 Å². The van der Waals surface area contributed by atoms with Crippen molar-refractivity contribution in [3.05, 3.63) is 236 Å². The summed E-state index contributed by atoms with van der Waals surface area (Å²) in [6.45, 7) is 18.7. The molecule has 0 aromatic heterocycles. The Labute approximate surface area is 370 Å². The molecule has 0 amide bonds. The molecule has 62 heavy (non-hydrogen) atoms. The highest BCUT2D eigenvalue weighted by Crippen LogP contribution is 2.82. The van der Waals surface area contributed by atoms with Gasteiger partial charge in [0.1, 0.15) is 0 Å². The average molecular weight is 825 g/mol. The van der Waals surface area contributed by atoms with Crippen LogP contribution in [0.5, 0.6) is 0 Å². The van der Waals surface area contributed by atoms with Crippen LogP contribution in [0.4, 0.5) is 0 Å². The molecule has 1 heteroatoms. The number of aryl methyl sites for hydroxylation is 2. The van der Waals surface area contributed by atoms with E-state index in [4.69, 9.17) is 0 Å². The fraction of sp³-hybridized carbons (Fsp3) is 0.262. The summed E-state index contributed by atoms with van der Waals surface area (Å²) in [4.78, 5) is 1.59. The second-order valence-electron chi connectivity index (χ2n) is 20.7. The lowest BCUT2D eigenvalue weighted by atomic mass is 9.67. The zero-order chi connectivity index (χ0) is 43.2. The minimum atomic E-state index is -2.39. The number of benzene rings is 6. The maximum absolute atomic E-state index is 2.79. The van der Waals surface area contributed by atoms with Crippen molar-refractivity contribution in [1.82, 2.24) is 0 Å². The second-order valence-corrected chi connectivity index (χ2v) is 26.3. The van der Waals surface area contributed by atoms with Crippen LogP contribution in [0.15, 0.2) is 169 Å². The molecule has 3 atom stereocenters. The van der Waals surface area contributed by atoms with Gasteiger partial charge in [0.15, 0.2) is 0 Å². The summed E-state index contributed by atoms with van der Waals surface area (Å²) in [6, 6.07) is 52.5. The van der Waals surface area contributed by atoms with E-state index in [9.17, 15) is 0 Å². The minimum Gasteiger partial charge on any atom is -0.219 e. The lowest BCUT2D eigenvalue weighted by Crippen LogP contribution is -2.35. The van der Waals surface area contributed by atoms with Gasteiger partial charge in [-0.25, -0.2) is 8.75 Å². The van der Waals surface area contributed by atoms with E-state index in [0.717, 1.165) is 0 Å². The van der Waals surface area contributed by atoms with Crippen molar-refractivity contribution < 1.29 is 0 Å². The molecule has 6 aromatic rings. The predicted molar refractivity (Wildman–Crippen MR) is 270 cm³/mol. The minimum absolute atomic E-state index is 0.0378. The average Bonchev–Trinajstić information content (AvgIpc) is 3.75. The van der Waals surface area contributed by atoms with E-state index in [-0.39, 0.29) is 16.1 Å². The van der Waals surface area contributed by atoms with E-state index in [1.807, 2.05) is 0 Å². The molecule has 1 aliphatic heterocycles. The maximum Gasteiger partial charge on any atom is 0.0725 e. The highest BCUT2D eigenvalue weighted by atomic mass is 32.3. The van der Waals surface area contributed by atoms with Gasteiger partial charge in [-0.15, -0.1) is 0 Å². The van der Waals surface area contributed by atoms with E-state index in [2.05, 4.69) is 231 Å². The molecule has 3 unspecified atom stereocenters. The number of allylic oxidation sites excluding steroid dienone is 7. The molecule has 11 rings (SSSR count). The third-order valence-electron chi connectivity index (χ3n) is 16.5. The number of hydrogen-bond acceptors (Lipinski definition) is 0. The van der Waals surface area contributed by atoms with Crippen LogP contribution in [0.25, 0.3) is 21.6 Å². The summed E-state index contributed by atoms with van der Waals surface area (Å²) in [5, 5.41) is 3.07. The van der Waals surface area contributed by atoms with Crippen LogP contribution in [0.2, 0.25) is 0 Å². The molecule has 0 fully saturated rings. The number of fused-ring (bicyclic) bond motifs is 11. The van der Waals surface area contributed by atoms with Crippen molar-refractivity contribution in [2.45, 2.75) is 77.4 Å². The van der Waals surface area contributed by atoms with E-state index in [1.54, 1.807) is 4.91 Å². The summed E-state index contributed by atoms with van der Waals surface area (Å²) in [5.74, 6) is 0.905. The molecule has 1 spiro atoms. The van der Waals surface area contributed by atoms with Gasteiger partial charge in [0.2, 0.25) is 0 Å². The summed E-state index contributed by atoms with van der Waals surface area (Å²) in [5.41, 5.74) is 22.8. The molecule has 5 aliphatic rings. The predicted octanol–water partition coefficient (Wildman–Crippen LogP) is 15.5. The first-order chi connectivity index (χ1) is 29.6. The first kappa shape index (κ1) is 39.4. The van der Waals surface area contributed by atoms with E-state index < -0.39 is 14.2 Å². The molecule has 0 radical (unpaired) electrons. The lowest BCUT2D eigenvalue weighted by Gasteiger charge is -2.57. The van der Waals surface area contributed by atoms with Gasteiger partial charge in [-0.2, -0.15) is 0 Å². The number of rotatable bonds is 6. The molecule has 4 aliphatic carbocycles. The van der Waals surface area contributed by atoms with E-state index in [0.29, 0.717) is 11.8 Å². The fourth-order valence-electron chi connectivity index (χ4n) is 12.2. The van der Waals surface area contributed by atoms with Crippen LogP contribution >= 0.6 is 8.75 Å². The second kappa shape index (κ2) is 13.0. The van der Waals surface area contributed by atoms with Gasteiger partial charge >= 0.3 is 0 Å². The van der Waals surface area contributed by atoms with Crippen LogP contribution in [0.3, 0.4) is 0 Å². The van der Waals surface area contributed by atoms with Crippen LogP contribution < -0.4 is 0 Å². The summed E-state index contributed by atoms with van der Waals surface area (Å²) < 4.78 is 0. The normalized spacial score (nSPS) is 23.7. The van der Waals surface area contributed by atoms with Crippen molar-refractivity contribution in [1.29, 1.82) is 0 Å². The molecule has 0 nitrogen and oxygen atoms in total. The van der Waals surface area contributed by atoms with E-state index in [1.165, 1.54) is 94.6 Å². The Balaban J connectivity index is 1.14. The molecular weight excluding hydrogens is 765 g/mol. The number of hydrogen-bond donors (Lipinski definition) is 0. The van der Waals surface area contributed by atoms with E-state index >= 15 is 0 Å². The van der Waals surface area contributed by atoms with Crippen LogP contribution in [-0.2, 0) is 10.8 Å². The van der Waals surface area contributed by atoms with Gasteiger partial charge in [0, 0.05) is 10.7 Å². The highest BCUT2D eigenvalue weighted by molar-refractivity contribution is 8.54. The Morgan fingerprint density at radius 3 is 1.58 bits per heavy atom. The molecule has 310 valence electrons. The quantitative estimate of drug-likeness (QED) is 0.147. The van der Waals surface area contributed by atoms with Crippen molar-refractivity contribution in [3.63, 3.8) is 0 Å². The van der Waals surface area contributed by atoms with Gasteiger partial charge in [-0.3, -0.25) is 0 Å². The van der Waals surface area contributed by atoms with Crippen molar-refractivity contribution in [2.24, 2.45) is 11.3 Å². The lowest BCUT2D eigenvalue weighted by molar-refractivity contribution is 0.383. The molecule has 1 heterocycles. The molecule has 0 N–H and O–H groups in total. The molecule has 6 aromatic carbocycles. The maximum atomic E-state index is 2.79. The van der Waals surface area contributed by atoms with Gasteiger partial charge in [0.25, 0.3) is 0 Å². The summed E-state index contributed by atoms with van der Waals surface area (Å²) in [6.07, 6.45) is 15.3. The van der Waals surface area contributed by atoms with Gasteiger partial charge < -0.3 is 0 Å². The topological polar surface area (TPSA) is 0 Å². The van der Waals surface area contributed by atoms with Gasteiger partial charge in [0.05, 0.1) is 10.8 Å². The standard InChI is InChI=1S/C61H60S/c1-38(2)43-23-29-48-49-30-24-44(36-56(49)61(55(48)35-43)52-17-13-11-15-47(52)50-31-33-59(8,39(3)4)34-32-54(50)61)42(7)62(9,10)37-57-58(62)51-16-12-14-18-53(51)60(57,45-25-19-40(5)20-26-45)46-27-21-41(6)22-28-46/h11-39,42H,1-10H3. The monoisotopic (exact) mass is 824 g/mol. The smallest absolute Gasteiger partial charge is 0.0725 e. The van der Waals surface area contributed by atoms with Crippen molar-refractivity contribution in [3.8, 4) is 11.1 Å². The van der Waals surface area contributed by atoms with Crippen LogP contribution in [0, 0.1) is 25.2 Å². The highest BCUT2D eigenvalue weighted by Gasteiger charge is 2.58. The Kier molecular flexibility index (Phi) is 8.27. The van der Waals surface area contributed by atoms with Crippen molar-refractivity contribution >= 4 is 24.6 Å². The zero-order valence-corrected chi connectivity index (χ0v) is 39.0. The Morgan fingerprint density at radius 2 is 1.00 bits per heavy atom. The van der Waals surface area contributed by atoms with Crippen molar-refractivity contribution in [2.75, 3.05) is 12.5 Å². The third kappa shape index (κ3) is 4.90. The largest absolute Gasteiger partial charge is 0.219 e. The first-order valence-electron chi connectivity index (χ1n) is 22.9. The Morgan fingerprint density at radius 1 is 0.484 bits per heavy atom. The fourth-order valence-corrected chi connectivity index (χ4v) is 16.5. The molecular formula is C61H60S. The van der Waals surface area contributed by atoms with Gasteiger partial charge in [-0.1, -0.05) is 210 Å². The van der Waals surface area contributed by atoms with Crippen LogP contribution in [-0.4, -0.2) is 17.9 Å². The SMILES string of the molecule is Cc1ccc(C2(c3ccc(C)cc3)C3=C(c4ccccc42)S(C)(C)(C(C)c2ccc4c(c2)C2(C5=C(C=CC(C)(C(C)C)C=C5)c5ccccc52)c2cc(C(C)C)ccc2-4)=C3)cc1.